The smallest absolute Gasteiger partial charge is 0.136 e. The maximum atomic E-state index is 8.85. The van der Waals surface area contributed by atoms with Gasteiger partial charge in [-0.25, -0.2) is 4.98 Å². The fraction of sp³-hybridized carbons (Fsp3) is 0.417. The van der Waals surface area contributed by atoms with Gasteiger partial charge in [-0.2, -0.15) is 0 Å². The van der Waals surface area contributed by atoms with E-state index in [2.05, 4.69) is 10.3 Å². The Morgan fingerprint density at radius 3 is 2.94 bits per heavy atom. The summed E-state index contributed by atoms with van der Waals surface area (Å²) in [5.41, 5.74) is 0.998. The molecule has 3 heterocycles. The van der Waals surface area contributed by atoms with Crippen molar-refractivity contribution in [2.45, 2.75) is 18.9 Å². The summed E-state index contributed by atoms with van der Waals surface area (Å²) in [4.78, 5) is 4.08. The predicted molar refractivity (Wildman–Crippen MR) is 63.3 cm³/mol. The summed E-state index contributed by atoms with van der Waals surface area (Å²) in [5, 5.41) is 11.9. The number of fused-ring (bicyclic) bond motifs is 1. The molecule has 0 spiro atoms. The van der Waals surface area contributed by atoms with E-state index in [4.69, 9.17) is 5.11 Å². The second kappa shape index (κ2) is 5.63. The van der Waals surface area contributed by atoms with Gasteiger partial charge in [0.1, 0.15) is 5.65 Å². The Bertz CT molecular complexity index is 391. The van der Waals surface area contributed by atoms with Gasteiger partial charge in [0.05, 0.1) is 6.10 Å². The molecule has 2 aromatic rings. The summed E-state index contributed by atoms with van der Waals surface area (Å²) in [6.07, 6.45) is 7.72. The van der Waals surface area contributed by atoms with Gasteiger partial charge in [0.2, 0.25) is 0 Å². The zero-order chi connectivity index (χ0) is 11.2. The lowest BCUT2D eigenvalue weighted by molar-refractivity contribution is 0.142. The first kappa shape index (κ1) is 11.1. The third kappa shape index (κ3) is 3.05. The number of aromatic nitrogens is 2. The van der Waals surface area contributed by atoms with Crippen LogP contribution in [0.5, 0.6) is 0 Å². The number of hydrogen-bond donors (Lipinski definition) is 2. The Morgan fingerprint density at radius 1 is 1.38 bits per heavy atom. The van der Waals surface area contributed by atoms with Gasteiger partial charge in [-0.15, -0.1) is 0 Å². The molecule has 0 aromatic carbocycles. The summed E-state index contributed by atoms with van der Waals surface area (Å²) in [6, 6.07) is 5.93. The monoisotopic (exact) mass is 219 g/mol. The number of pyridine rings is 1. The number of aliphatic hydroxyl groups excluding tert-OH is 1. The number of piperidine rings is 1. The molecule has 4 nitrogen and oxygen atoms in total. The van der Waals surface area contributed by atoms with Crippen molar-refractivity contribution in [3.8, 4) is 0 Å². The lowest BCUT2D eigenvalue weighted by atomic mass is 10.1. The highest BCUT2D eigenvalue weighted by molar-refractivity contribution is 5.36. The Labute approximate surface area is 94.9 Å². The van der Waals surface area contributed by atoms with Crippen LogP contribution in [0.15, 0.2) is 36.8 Å². The molecule has 86 valence electrons. The van der Waals surface area contributed by atoms with Crippen LogP contribution in [0.1, 0.15) is 12.8 Å². The zero-order valence-corrected chi connectivity index (χ0v) is 9.21. The quantitative estimate of drug-likeness (QED) is 0.696. The molecule has 1 aliphatic heterocycles. The van der Waals surface area contributed by atoms with Crippen LogP contribution in [-0.4, -0.2) is 33.7 Å². The van der Waals surface area contributed by atoms with E-state index in [1.165, 1.54) is 0 Å². The lowest BCUT2D eigenvalue weighted by Crippen LogP contribution is -2.33. The van der Waals surface area contributed by atoms with Gasteiger partial charge in [-0.05, 0) is 31.5 Å². The van der Waals surface area contributed by atoms with E-state index in [1.807, 2.05) is 35.0 Å². The number of rotatable bonds is 0. The van der Waals surface area contributed by atoms with Crippen LogP contribution < -0.4 is 5.32 Å². The van der Waals surface area contributed by atoms with E-state index in [1.54, 1.807) is 6.20 Å². The Morgan fingerprint density at radius 2 is 2.31 bits per heavy atom. The average molecular weight is 219 g/mol. The topological polar surface area (TPSA) is 49.6 Å². The van der Waals surface area contributed by atoms with Gasteiger partial charge < -0.3 is 14.8 Å². The summed E-state index contributed by atoms with van der Waals surface area (Å²) in [7, 11) is 0. The van der Waals surface area contributed by atoms with E-state index >= 15 is 0 Å². The molecule has 0 amide bonds. The van der Waals surface area contributed by atoms with E-state index in [-0.39, 0.29) is 6.10 Å². The van der Waals surface area contributed by atoms with E-state index in [9.17, 15) is 0 Å². The third-order valence-corrected chi connectivity index (χ3v) is 2.57. The standard InChI is InChI=1S/C7H6N2.C5H11NO/c1-2-5-9-6-4-8-7(9)3-1;7-5-2-1-3-6-4-5/h1-6H;5-7H,1-4H2. The van der Waals surface area contributed by atoms with Gasteiger partial charge >= 0.3 is 0 Å². The van der Waals surface area contributed by atoms with Gasteiger partial charge in [0.25, 0.3) is 0 Å². The summed E-state index contributed by atoms with van der Waals surface area (Å²) in [6.45, 7) is 1.87. The largest absolute Gasteiger partial charge is 0.392 e. The molecule has 16 heavy (non-hydrogen) atoms. The molecule has 1 fully saturated rings. The highest BCUT2D eigenvalue weighted by atomic mass is 16.3. The normalized spacial score (nSPS) is 20.2. The molecular weight excluding hydrogens is 202 g/mol. The van der Waals surface area contributed by atoms with Crippen LogP contribution in [0, 0.1) is 0 Å². The number of hydrogen-bond acceptors (Lipinski definition) is 3. The molecule has 2 N–H and O–H groups in total. The molecule has 1 unspecified atom stereocenters. The molecular formula is C12H17N3O. The van der Waals surface area contributed by atoms with Gasteiger partial charge in [-0.3, -0.25) is 0 Å². The van der Waals surface area contributed by atoms with Crippen molar-refractivity contribution in [1.29, 1.82) is 0 Å². The van der Waals surface area contributed by atoms with Crippen LogP contribution in [0.3, 0.4) is 0 Å². The van der Waals surface area contributed by atoms with Crippen molar-refractivity contribution in [3.63, 3.8) is 0 Å². The van der Waals surface area contributed by atoms with Gasteiger partial charge in [-0.1, -0.05) is 6.07 Å². The van der Waals surface area contributed by atoms with Crippen molar-refractivity contribution >= 4 is 5.65 Å². The number of aliphatic hydroxyl groups is 1. The minimum atomic E-state index is -0.0752. The van der Waals surface area contributed by atoms with Crippen molar-refractivity contribution in [3.05, 3.63) is 36.8 Å². The third-order valence-electron chi connectivity index (χ3n) is 2.57. The highest BCUT2D eigenvalue weighted by Crippen LogP contribution is 1.98. The molecule has 4 heteroatoms. The minimum absolute atomic E-state index is 0.0752. The summed E-state index contributed by atoms with van der Waals surface area (Å²) < 4.78 is 1.97. The van der Waals surface area contributed by atoms with Crippen molar-refractivity contribution in [2.75, 3.05) is 13.1 Å². The second-order valence-electron chi connectivity index (χ2n) is 3.89. The Hall–Kier alpha value is -1.39. The SMILES string of the molecule is OC1CCCNC1.c1ccn2ccnc2c1. The Balaban J connectivity index is 0.000000125. The molecule has 0 bridgehead atoms. The fourth-order valence-electron chi connectivity index (χ4n) is 1.70. The highest BCUT2D eigenvalue weighted by Gasteiger charge is 2.06. The molecule has 1 saturated heterocycles. The summed E-state index contributed by atoms with van der Waals surface area (Å²) in [5.74, 6) is 0. The lowest BCUT2D eigenvalue weighted by Gasteiger charge is -2.16. The second-order valence-corrected chi connectivity index (χ2v) is 3.89. The maximum Gasteiger partial charge on any atom is 0.136 e. The predicted octanol–water partition coefficient (Wildman–Crippen LogP) is 1.06. The summed E-state index contributed by atoms with van der Waals surface area (Å²) >= 11 is 0. The zero-order valence-electron chi connectivity index (χ0n) is 9.21. The number of nitrogens with one attached hydrogen (secondary N) is 1. The van der Waals surface area contributed by atoms with Crippen LogP contribution in [0.25, 0.3) is 5.65 Å². The van der Waals surface area contributed by atoms with Crippen molar-refractivity contribution < 1.29 is 5.11 Å². The molecule has 0 aliphatic carbocycles. The minimum Gasteiger partial charge on any atom is -0.392 e. The van der Waals surface area contributed by atoms with E-state index in [0.717, 1.165) is 31.6 Å². The molecule has 2 aromatic heterocycles. The van der Waals surface area contributed by atoms with Crippen molar-refractivity contribution in [1.82, 2.24) is 14.7 Å². The molecule has 3 rings (SSSR count). The fourth-order valence-corrected chi connectivity index (χ4v) is 1.70. The molecule has 1 atom stereocenters. The van der Waals surface area contributed by atoms with Crippen LogP contribution >= 0.6 is 0 Å². The number of nitrogens with zero attached hydrogens (tertiary/aromatic N) is 2. The van der Waals surface area contributed by atoms with Crippen LogP contribution in [0.2, 0.25) is 0 Å². The maximum absolute atomic E-state index is 8.85. The first-order valence-electron chi connectivity index (χ1n) is 5.63. The average Bonchev–Trinajstić information content (AvgIpc) is 2.79. The van der Waals surface area contributed by atoms with E-state index < -0.39 is 0 Å². The molecule has 1 aliphatic rings. The van der Waals surface area contributed by atoms with E-state index in [0.29, 0.717) is 0 Å². The van der Waals surface area contributed by atoms with Crippen LogP contribution in [0.4, 0.5) is 0 Å². The number of β-amino-alcohol motifs (C(OH)–C–C–N with tert-alkyl or cyclic N) is 1. The first-order valence-corrected chi connectivity index (χ1v) is 5.63. The number of imidazole rings is 1. The van der Waals surface area contributed by atoms with Gasteiger partial charge in [0.15, 0.2) is 0 Å². The Kier molecular flexibility index (Phi) is 3.91. The molecule has 0 saturated carbocycles. The van der Waals surface area contributed by atoms with Gasteiger partial charge in [0, 0.05) is 25.1 Å². The van der Waals surface area contributed by atoms with Crippen LogP contribution in [-0.2, 0) is 0 Å². The molecule has 0 radical (unpaired) electrons. The first-order chi connectivity index (χ1) is 7.86. The van der Waals surface area contributed by atoms with Crippen molar-refractivity contribution in [2.24, 2.45) is 0 Å².